The van der Waals surface area contributed by atoms with Crippen LogP contribution < -0.4 is 5.32 Å². The fourth-order valence-electron chi connectivity index (χ4n) is 2.20. The lowest BCUT2D eigenvalue weighted by Crippen LogP contribution is -2.44. The van der Waals surface area contributed by atoms with E-state index in [0.29, 0.717) is 5.02 Å². The number of piperazine rings is 1. The van der Waals surface area contributed by atoms with Gasteiger partial charge in [-0.1, -0.05) is 17.7 Å². The molecule has 0 unspecified atom stereocenters. The van der Waals surface area contributed by atoms with Gasteiger partial charge in [0.2, 0.25) is 0 Å². The fraction of sp³-hybridized carbons (Fsp3) is 0.385. The Balaban J connectivity index is 2.24. The van der Waals surface area contributed by atoms with Gasteiger partial charge in [-0.25, -0.2) is 4.39 Å². The average molecular weight is 255 g/mol. The summed E-state index contributed by atoms with van der Waals surface area (Å²) in [6, 6.07) is 4.69. The Hall–Kier alpha value is -0.900. The molecule has 0 saturated carbocycles. The molecule has 2 nitrogen and oxygen atoms in total. The summed E-state index contributed by atoms with van der Waals surface area (Å²) in [5, 5.41) is 3.72. The molecule has 17 heavy (non-hydrogen) atoms. The lowest BCUT2D eigenvalue weighted by Gasteiger charge is -2.33. The van der Waals surface area contributed by atoms with Crippen molar-refractivity contribution in [1.29, 1.82) is 0 Å². The van der Waals surface area contributed by atoms with Crippen LogP contribution in [0.3, 0.4) is 0 Å². The molecule has 1 aliphatic heterocycles. The molecule has 0 aromatic heterocycles. The molecular weight excluding hydrogens is 239 g/mol. The highest BCUT2D eigenvalue weighted by atomic mass is 35.5. The minimum Gasteiger partial charge on any atom is -0.314 e. The van der Waals surface area contributed by atoms with E-state index in [1.165, 1.54) is 12.1 Å². The molecule has 1 saturated heterocycles. The summed E-state index contributed by atoms with van der Waals surface area (Å²) in [6.45, 7) is 7.62. The van der Waals surface area contributed by atoms with E-state index in [4.69, 9.17) is 11.6 Å². The van der Waals surface area contributed by atoms with E-state index >= 15 is 0 Å². The highest BCUT2D eigenvalue weighted by molar-refractivity contribution is 6.30. The lowest BCUT2D eigenvalue weighted by atomic mass is 10.0. The van der Waals surface area contributed by atoms with Crippen molar-refractivity contribution < 1.29 is 4.39 Å². The van der Waals surface area contributed by atoms with Crippen LogP contribution in [-0.4, -0.2) is 31.1 Å². The second kappa shape index (κ2) is 5.63. The molecule has 0 spiro atoms. The van der Waals surface area contributed by atoms with Gasteiger partial charge in [0.25, 0.3) is 0 Å². The normalized spacial score (nSPS) is 18.9. The van der Waals surface area contributed by atoms with Crippen LogP contribution in [0.4, 0.5) is 4.39 Å². The Bertz CT molecular complexity index is 382. The Morgan fingerprint density at radius 1 is 1.35 bits per heavy atom. The molecule has 4 heteroatoms. The maximum atomic E-state index is 13.3. The summed E-state index contributed by atoms with van der Waals surface area (Å²) >= 11 is 5.88. The van der Waals surface area contributed by atoms with Crippen molar-refractivity contribution in [3.05, 3.63) is 47.3 Å². The monoisotopic (exact) mass is 254 g/mol. The van der Waals surface area contributed by atoms with Gasteiger partial charge in [-0.3, -0.25) is 4.90 Å². The minimum absolute atomic E-state index is 0.0327. The summed E-state index contributed by atoms with van der Waals surface area (Å²) in [7, 11) is 0. The van der Waals surface area contributed by atoms with Gasteiger partial charge >= 0.3 is 0 Å². The fourth-order valence-corrected chi connectivity index (χ4v) is 2.43. The summed E-state index contributed by atoms with van der Waals surface area (Å²) in [5.74, 6) is -0.297. The first-order chi connectivity index (χ1) is 8.20. The van der Waals surface area contributed by atoms with Crippen LogP contribution in [0.2, 0.25) is 5.02 Å². The number of halogens is 2. The van der Waals surface area contributed by atoms with Crippen molar-refractivity contribution in [3.63, 3.8) is 0 Å². The number of benzene rings is 1. The van der Waals surface area contributed by atoms with Crippen molar-refractivity contribution in [1.82, 2.24) is 10.2 Å². The van der Waals surface area contributed by atoms with Crippen molar-refractivity contribution in [2.75, 3.05) is 26.2 Å². The average Bonchev–Trinajstić information content (AvgIpc) is 2.30. The molecule has 1 aromatic carbocycles. The van der Waals surface area contributed by atoms with Crippen LogP contribution in [0.15, 0.2) is 30.9 Å². The molecule has 2 rings (SSSR count). The molecule has 1 aliphatic rings. The zero-order valence-electron chi connectivity index (χ0n) is 9.63. The van der Waals surface area contributed by atoms with Gasteiger partial charge in [0.1, 0.15) is 5.82 Å². The third-order valence-electron chi connectivity index (χ3n) is 2.99. The standard InChI is InChI=1S/C13H16ClFN2/c1-2-13(17-5-3-16-4-6-17)10-7-11(14)9-12(15)8-10/h2,7-9,13,16H,1,3-6H2/t13-/m0/s1. The maximum Gasteiger partial charge on any atom is 0.125 e. The van der Waals surface area contributed by atoms with Crippen LogP contribution >= 0.6 is 11.6 Å². The second-order valence-corrected chi connectivity index (χ2v) is 4.61. The predicted octanol–water partition coefficient (Wildman–Crippen LogP) is 2.61. The van der Waals surface area contributed by atoms with Crippen molar-refractivity contribution >= 4 is 11.6 Å². The second-order valence-electron chi connectivity index (χ2n) is 4.17. The van der Waals surface area contributed by atoms with Crippen molar-refractivity contribution in [2.45, 2.75) is 6.04 Å². The van der Waals surface area contributed by atoms with Gasteiger partial charge in [-0.15, -0.1) is 6.58 Å². The summed E-state index contributed by atoms with van der Waals surface area (Å²) in [4.78, 5) is 2.27. The minimum atomic E-state index is -0.297. The quantitative estimate of drug-likeness (QED) is 0.835. The molecule has 1 atom stereocenters. The van der Waals surface area contributed by atoms with Gasteiger partial charge in [-0.2, -0.15) is 0 Å². The van der Waals surface area contributed by atoms with E-state index in [1.54, 1.807) is 6.07 Å². The van der Waals surface area contributed by atoms with E-state index in [-0.39, 0.29) is 11.9 Å². The number of nitrogens with zero attached hydrogens (tertiary/aromatic N) is 1. The zero-order chi connectivity index (χ0) is 12.3. The highest BCUT2D eigenvalue weighted by Crippen LogP contribution is 2.25. The van der Waals surface area contributed by atoms with Crippen LogP contribution in [0.1, 0.15) is 11.6 Å². The topological polar surface area (TPSA) is 15.3 Å². The Kier molecular flexibility index (Phi) is 4.15. The first-order valence-electron chi connectivity index (χ1n) is 5.74. The first-order valence-corrected chi connectivity index (χ1v) is 6.12. The van der Waals surface area contributed by atoms with Gasteiger partial charge in [-0.05, 0) is 23.8 Å². The molecule has 0 aliphatic carbocycles. The Labute approximate surface area is 106 Å². The predicted molar refractivity (Wildman–Crippen MR) is 68.8 cm³/mol. The summed E-state index contributed by atoms with van der Waals surface area (Å²) < 4.78 is 13.3. The maximum absolute atomic E-state index is 13.3. The molecule has 1 fully saturated rings. The molecule has 1 aromatic rings. The first kappa shape index (κ1) is 12.6. The van der Waals surface area contributed by atoms with Crippen LogP contribution in [0, 0.1) is 5.82 Å². The number of rotatable bonds is 3. The molecule has 1 N–H and O–H groups in total. The third kappa shape index (κ3) is 3.06. The van der Waals surface area contributed by atoms with Gasteiger partial charge < -0.3 is 5.32 Å². The number of nitrogens with one attached hydrogen (secondary N) is 1. The summed E-state index contributed by atoms with van der Waals surface area (Å²) in [5.41, 5.74) is 0.868. The smallest absolute Gasteiger partial charge is 0.125 e. The van der Waals surface area contributed by atoms with E-state index in [9.17, 15) is 4.39 Å². The largest absolute Gasteiger partial charge is 0.314 e. The number of hydrogen-bond donors (Lipinski definition) is 1. The van der Waals surface area contributed by atoms with E-state index in [0.717, 1.165) is 31.7 Å². The molecule has 1 heterocycles. The third-order valence-corrected chi connectivity index (χ3v) is 3.21. The molecule has 92 valence electrons. The van der Waals surface area contributed by atoms with Gasteiger partial charge in [0, 0.05) is 31.2 Å². The molecule has 0 radical (unpaired) electrons. The highest BCUT2D eigenvalue weighted by Gasteiger charge is 2.20. The van der Waals surface area contributed by atoms with Crippen LogP contribution in [0.25, 0.3) is 0 Å². The molecule has 0 bridgehead atoms. The SMILES string of the molecule is C=C[C@@H](c1cc(F)cc(Cl)c1)N1CCNCC1. The summed E-state index contributed by atoms with van der Waals surface area (Å²) in [6.07, 6.45) is 1.84. The van der Waals surface area contributed by atoms with Crippen molar-refractivity contribution in [2.24, 2.45) is 0 Å². The van der Waals surface area contributed by atoms with Crippen LogP contribution in [-0.2, 0) is 0 Å². The van der Waals surface area contributed by atoms with E-state index in [2.05, 4.69) is 16.8 Å². The Morgan fingerprint density at radius 2 is 2.06 bits per heavy atom. The number of hydrogen-bond acceptors (Lipinski definition) is 2. The van der Waals surface area contributed by atoms with E-state index < -0.39 is 0 Å². The zero-order valence-corrected chi connectivity index (χ0v) is 10.4. The molecular formula is C13H16ClFN2. The molecule has 0 amide bonds. The Morgan fingerprint density at radius 3 is 2.65 bits per heavy atom. The van der Waals surface area contributed by atoms with E-state index in [1.807, 2.05) is 6.08 Å². The van der Waals surface area contributed by atoms with Crippen molar-refractivity contribution in [3.8, 4) is 0 Å². The lowest BCUT2D eigenvalue weighted by molar-refractivity contribution is 0.203. The van der Waals surface area contributed by atoms with Crippen LogP contribution in [0.5, 0.6) is 0 Å². The van der Waals surface area contributed by atoms with Gasteiger partial charge in [0.15, 0.2) is 0 Å². The van der Waals surface area contributed by atoms with Gasteiger partial charge in [0.05, 0.1) is 6.04 Å².